The minimum atomic E-state index is -0.661. The van der Waals surface area contributed by atoms with Gasteiger partial charge in [-0.2, -0.15) is 0 Å². The summed E-state index contributed by atoms with van der Waals surface area (Å²) in [6.45, 7) is 0.701. The molecule has 6 heteroatoms. The minimum Gasteiger partial charge on any atom is -0.361 e. The van der Waals surface area contributed by atoms with E-state index in [2.05, 4.69) is 15.6 Å². The van der Waals surface area contributed by atoms with Crippen LogP contribution in [0.1, 0.15) is 11.1 Å². The summed E-state index contributed by atoms with van der Waals surface area (Å²) in [4.78, 5) is 26.8. The quantitative estimate of drug-likeness (QED) is 0.595. The predicted molar refractivity (Wildman–Crippen MR) is 98.1 cm³/mol. The Hall–Kier alpha value is -3.15. The van der Waals surface area contributed by atoms with Gasteiger partial charge in [0.15, 0.2) is 0 Å². The second-order valence-corrected chi connectivity index (χ2v) is 6.00. The van der Waals surface area contributed by atoms with Gasteiger partial charge in [-0.3, -0.25) is 9.59 Å². The minimum absolute atomic E-state index is 0.299. The van der Waals surface area contributed by atoms with Gasteiger partial charge < -0.3 is 15.6 Å². The molecular formula is C20H20FN3O2. The molecule has 1 heterocycles. The molecule has 0 atom stereocenters. The average Bonchev–Trinajstić information content (AvgIpc) is 3.06. The van der Waals surface area contributed by atoms with Gasteiger partial charge in [-0.25, -0.2) is 4.39 Å². The van der Waals surface area contributed by atoms with Gasteiger partial charge in [-0.15, -0.1) is 0 Å². The van der Waals surface area contributed by atoms with Crippen molar-refractivity contribution in [3.8, 4) is 0 Å². The van der Waals surface area contributed by atoms with Crippen LogP contribution in [0.15, 0.2) is 54.7 Å². The number of benzene rings is 2. The van der Waals surface area contributed by atoms with E-state index in [1.54, 1.807) is 12.1 Å². The van der Waals surface area contributed by atoms with Crippen molar-refractivity contribution in [1.29, 1.82) is 0 Å². The van der Waals surface area contributed by atoms with Crippen LogP contribution in [-0.4, -0.2) is 29.9 Å². The largest absolute Gasteiger partial charge is 0.361 e. The number of H-pyrrole nitrogens is 1. The number of nitrogens with one attached hydrogen (secondary N) is 3. The van der Waals surface area contributed by atoms with E-state index in [9.17, 15) is 14.0 Å². The number of hydrogen-bond acceptors (Lipinski definition) is 2. The lowest BCUT2D eigenvalue weighted by atomic mass is 10.1. The molecular weight excluding hydrogens is 333 g/mol. The summed E-state index contributed by atoms with van der Waals surface area (Å²) in [7, 11) is 0. The molecule has 1 aromatic heterocycles. The molecule has 0 unspecified atom stereocenters. The zero-order chi connectivity index (χ0) is 18.4. The number of carbonyl (C=O) groups is 2. The normalized spacial score (nSPS) is 10.7. The van der Waals surface area contributed by atoms with Gasteiger partial charge in [-0.1, -0.05) is 30.3 Å². The van der Waals surface area contributed by atoms with Crippen LogP contribution in [-0.2, 0) is 22.4 Å². The molecule has 3 N–H and O–H groups in total. The smallest absolute Gasteiger partial charge is 0.309 e. The van der Waals surface area contributed by atoms with Crippen LogP contribution >= 0.6 is 0 Å². The highest BCUT2D eigenvalue weighted by Crippen LogP contribution is 2.17. The van der Waals surface area contributed by atoms with Crippen LogP contribution in [0.4, 0.5) is 4.39 Å². The Bertz CT molecular complexity index is 903. The van der Waals surface area contributed by atoms with E-state index in [-0.39, 0.29) is 5.82 Å². The second-order valence-electron chi connectivity index (χ2n) is 6.00. The maximum Gasteiger partial charge on any atom is 0.309 e. The molecule has 0 radical (unpaired) electrons. The van der Waals surface area contributed by atoms with Gasteiger partial charge in [0.25, 0.3) is 0 Å². The van der Waals surface area contributed by atoms with Crippen LogP contribution in [0.25, 0.3) is 10.9 Å². The number of fused-ring (bicyclic) bond motifs is 1. The molecule has 0 fully saturated rings. The third-order valence-electron chi connectivity index (χ3n) is 4.17. The van der Waals surface area contributed by atoms with E-state index in [0.717, 1.165) is 22.0 Å². The molecule has 0 saturated carbocycles. The van der Waals surface area contributed by atoms with Crippen molar-refractivity contribution < 1.29 is 14.0 Å². The van der Waals surface area contributed by atoms with Gasteiger partial charge in [0.2, 0.25) is 0 Å². The number of aromatic amines is 1. The Balaban J connectivity index is 1.40. The highest BCUT2D eigenvalue weighted by atomic mass is 19.1. The number of hydrogen-bond donors (Lipinski definition) is 3. The van der Waals surface area contributed by atoms with Gasteiger partial charge >= 0.3 is 11.8 Å². The number of carbonyl (C=O) groups excluding carboxylic acids is 2. The average molecular weight is 353 g/mol. The Labute approximate surface area is 150 Å². The molecule has 0 aliphatic rings. The van der Waals surface area contributed by atoms with E-state index in [0.29, 0.717) is 25.9 Å². The summed E-state index contributed by atoms with van der Waals surface area (Å²) in [5.41, 5.74) is 3.04. The fourth-order valence-corrected chi connectivity index (χ4v) is 2.78. The number of rotatable bonds is 6. The third-order valence-corrected chi connectivity index (χ3v) is 4.17. The zero-order valence-corrected chi connectivity index (χ0v) is 14.2. The standard InChI is InChI=1S/C20H20FN3O2/c21-16-7-5-14(6-8-16)9-11-22-19(25)20(26)23-12-10-15-13-24-18-4-2-1-3-17(15)18/h1-8,13,24H,9-12H2,(H,22,25)(H,23,26). The molecule has 0 aliphatic heterocycles. The topological polar surface area (TPSA) is 74.0 Å². The number of amides is 2. The molecule has 26 heavy (non-hydrogen) atoms. The summed E-state index contributed by atoms with van der Waals surface area (Å²) < 4.78 is 12.8. The van der Waals surface area contributed by atoms with Gasteiger partial charge in [0.05, 0.1) is 0 Å². The SMILES string of the molecule is O=C(NCCc1ccc(F)cc1)C(=O)NCCc1c[nH]c2ccccc12. The molecule has 0 bridgehead atoms. The Morgan fingerprint density at radius 1 is 0.885 bits per heavy atom. The second kappa shape index (κ2) is 8.29. The van der Waals surface area contributed by atoms with E-state index in [1.165, 1.54) is 12.1 Å². The zero-order valence-electron chi connectivity index (χ0n) is 14.2. The first kappa shape index (κ1) is 17.7. The maximum absolute atomic E-state index is 12.8. The first-order chi connectivity index (χ1) is 12.6. The fraction of sp³-hybridized carbons (Fsp3) is 0.200. The van der Waals surface area contributed by atoms with Crippen LogP contribution in [0.3, 0.4) is 0 Å². The molecule has 134 valence electrons. The van der Waals surface area contributed by atoms with Crippen molar-refractivity contribution >= 4 is 22.7 Å². The lowest BCUT2D eigenvalue weighted by Crippen LogP contribution is -2.41. The van der Waals surface area contributed by atoms with Crippen molar-refractivity contribution in [2.24, 2.45) is 0 Å². The van der Waals surface area contributed by atoms with Crippen molar-refractivity contribution in [3.63, 3.8) is 0 Å². The van der Waals surface area contributed by atoms with Gasteiger partial charge in [0.1, 0.15) is 5.82 Å². The molecule has 2 aromatic carbocycles. The molecule has 0 saturated heterocycles. The van der Waals surface area contributed by atoms with Crippen molar-refractivity contribution in [1.82, 2.24) is 15.6 Å². The summed E-state index contributed by atoms with van der Waals surface area (Å²) >= 11 is 0. The lowest BCUT2D eigenvalue weighted by molar-refractivity contribution is -0.139. The lowest BCUT2D eigenvalue weighted by Gasteiger charge is -2.06. The van der Waals surface area contributed by atoms with Crippen LogP contribution < -0.4 is 10.6 Å². The highest BCUT2D eigenvalue weighted by molar-refractivity contribution is 6.35. The molecule has 2 amide bonds. The highest BCUT2D eigenvalue weighted by Gasteiger charge is 2.12. The van der Waals surface area contributed by atoms with E-state index in [1.807, 2.05) is 30.5 Å². The van der Waals surface area contributed by atoms with Crippen molar-refractivity contribution in [2.75, 3.05) is 13.1 Å². The van der Waals surface area contributed by atoms with Crippen molar-refractivity contribution in [3.05, 3.63) is 71.7 Å². The fourth-order valence-electron chi connectivity index (χ4n) is 2.78. The maximum atomic E-state index is 12.8. The summed E-state index contributed by atoms with van der Waals surface area (Å²) in [6, 6.07) is 14.0. The molecule has 0 aliphatic carbocycles. The number of para-hydroxylation sites is 1. The first-order valence-corrected chi connectivity index (χ1v) is 8.49. The monoisotopic (exact) mass is 353 g/mol. The van der Waals surface area contributed by atoms with E-state index < -0.39 is 11.8 Å². The molecule has 3 aromatic rings. The molecule has 0 spiro atoms. The van der Waals surface area contributed by atoms with E-state index in [4.69, 9.17) is 0 Å². The molecule has 3 rings (SSSR count). The Morgan fingerprint density at radius 3 is 2.27 bits per heavy atom. The van der Waals surface area contributed by atoms with Crippen LogP contribution in [0, 0.1) is 5.82 Å². The van der Waals surface area contributed by atoms with E-state index >= 15 is 0 Å². The first-order valence-electron chi connectivity index (χ1n) is 8.49. The predicted octanol–water partition coefficient (Wildman–Crippen LogP) is 2.32. The summed E-state index contributed by atoms with van der Waals surface area (Å²) in [5.74, 6) is -1.61. The Morgan fingerprint density at radius 2 is 1.54 bits per heavy atom. The number of aromatic nitrogens is 1. The Kier molecular flexibility index (Phi) is 5.63. The third kappa shape index (κ3) is 4.47. The van der Waals surface area contributed by atoms with Gasteiger partial charge in [0, 0.05) is 30.2 Å². The summed E-state index contributed by atoms with van der Waals surface area (Å²) in [6.07, 6.45) is 3.09. The van der Waals surface area contributed by atoms with Crippen molar-refractivity contribution in [2.45, 2.75) is 12.8 Å². The van der Waals surface area contributed by atoms with Gasteiger partial charge in [-0.05, 0) is 42.2 Å². The summed E-state index contributed by atoms with van der Waals surface area (Å²) in [5, 5.41) is 6.31. The van der Waals surface area contributed by atoms with Crippen LogP contribution in [0.2, 0.25) is 0 Å². The van der Waals surface area contributed by atoms with Crippen LogP contribution in [0.5, 0.6) is 0 Å². The molecule has 5 nitrogen and oxygen atoms in total. The number of halogens is 1.